The predicted molar refractivity (Wildman–Crippen MR) is 43.7 cm³/mol. The first-order valence-corrected chi connectivity index (χ1v) is 4.78. The summed E-state index contributed by atoms with van der Waals surface area (Å²) in [5.74, 6) is -5.08. The van der Waals surface area contributed by atoms with E-state index in [4.69, 9.17) is 0 Å². The maximum absolute atomic E-state index is 12.4. The van der Waals surface area contributed by atoms with Gasteiger partial charge in [0.2, 0.25) is 0 Å². The standard InChI is InChI=1S/C9H10F4O3/c10-9(11,12)5-1-3-6(8(15)16-13)7(14)4-2-5/h5-6H,1-4H2. The SMILES string of the molecule is O=C1CCC(C(F)(F)F)CCC1C(=O)OF. The molecule has 0 N–H and O–H groups in total. The van der Waals surface area contributed by atoms with E-state index >= 15 is 0 Å². The maximum Gasteiger partial charge on any atom is 0.391 e. The molecule has 1 rings (SSSR count). The summed E-state index contributed by atoms with van der Waals surface area (Å²) in [5.41, 5.74) is 0. The number of rotatable bonds is 1. The van der Waals surface area contributed by atoms with Crippen molar-refractivity contribution < 1.29 is 32.2 Å². The van der Waals surface area contributed by atoms with Crippen molar-refractivity contribution in [3.05, 3.63) is 0 Å². The molecule has 0 radical (unpaired) electrons. The fourth-order valence-corrected chi connectivity index (χ4v) is 1.79. The van der Waals surface area contributed by atoms with Crippen LogP contribution in [0.1, 0.15) is 25.7 Å². The first-order valence-electron chi connectivity index (χ1n) is 4.78. The third-order valence-electron chi connectivity index (χ3n) is 2.76. The van der Waals surface area contributed by atoms with Gasteiger partial charge in [0.25, 0.3) is 0 Å². The molecule has 0 heterocycles. The van der Waals surface area contributed by atoms with Gasteiger partial charge in [0, 0.05) is 10.9 Å². The van der Waals surface area contributed by atoms with Gasteiger partial charge in [-0.3, -0.25) is 9.74 Å². The van der Waals surface area contributed by atoms with Gasteiger partial charge in [0.05, 0.1) is 5.92 Å². The number of halogens is 4. The molecule has 0 aliphatic heterocycles. The number of Topliss-reactive ketones (excluding diaryl/α,β-unsaturated/α-hetero) is 1. The number of alkyl halides is 3. The third kappa shape index (κ3) is 2.93. The zero-order chi connectivity index (χ0) is 12.3. The minimum Gasteiger partial charge on any atom is -0.299 e. The fourth-order valence-electron chi connectivity index (χ4n) is 1.79. The Bertz CT molecular complexity index is 287. The van der Waals surface area contributed by atoms with Crippen molar-refractivity contribution in [1.29, 1.82) is 0 Å². The normalized spacial score (nSPS) is 27.4. The molecule has 16 heavy (non-hydrogen) atoms. The molecular weight excluding hydrogens is 232 g/mol. The van der Waals surface area contributed by atoms with Crippen molar-refractivity contribution in [1.82, 2.24) is 0 Å². The van der Waals surface area contributed by atoms with E-state index in [2.05, 4.69) is 4.94 Å². The van der Waals surface area contributed by atoms with Crippen LogP contribution in [0.4, 0.5) is 17.7 Å². The van der Waals surface area contributed by atoms with E-state index in [-0.39, 0.29) is 25.7 Å². The summed E-state index contributed by atoms with van der Waals surface area (Å²) in [4.78, 5) is 24.9. The smallest absolute Gasteiger partial charge is 0.299 e. The Morgan fingerprint density at radius 1 is 1.25 bits per heavy atom. The van der Waals surface area contributed by atoms with Crippen molar-refractivity contribution in [2.24, 2.45) is 11.8 Å². The van der Waals surface area contributed by atoms with Crippen LogP contribution in [0.2, 0.25) is 0 Å². The lowest BCUT2D eigenvalue weighted by Gasteiger charge is -2.17. The zero-order valence-corrected chi connectivity index (χ0v) is 8.22. The Morgan fingerprint density at radius 2 is 1.88 bits per heavy atom. The Hall–Kier alpha value is -1.14. The predicted octanol–water partition coefficient (Wildman–Crippen LogP) is 2.35. The minimum absolute atomic E-state index is 0.314. The van der Waals surface area contributed by atoms with E-state index in [1.807, 2.05) is 0 Å². The van der Waals surface area contributed by atoms with Crippen molar-refractivity contribution >= 4 is 11.8 Å². The summed E-state index contributed by atoms with van der Waals surface area (Å²) >= 11 is 0. The second kappa shape index (κ2) is 4.80. The first-order chi connectivity index (χ1) is 7.36. The molecule has 1 aliphatic carbocycles. The van der Waals surface area contributed by atoms with Gasteiger partial charge in [0.15, 0.2) is 0 Å². The molecule has 0 saturated heterocycles. The zero-order valence-electron chi connectivity index (χ0n) is 8.22. The van der Waals surface area contributed by atoms with Crippen LogP contribution in [-0.4, -0.2) is 17.9 Å². The van der Waals surface area contributed by atoms with E-state index in [9.17, 15) is 27.3 Å². The number of carbonyl (C=O) groups excluding carboxylic acids is 2. The van der Waals surface area contributed by atoms with Gasteiger partial charge >= 0.3 is 12.1 Å². The second-order valence-electron chi connectivity index (χ2n) is 3.77. The molecule has 0 aromatic carbocycles. The summed E-state index contributed by atoms with van der Waals surface area (Å²) in [6.45, 7) is 0. The molecule has 0 aromatic rings. The molecule has 1 saturated carbocycles. The van der Waals surface area contributed by atoms with E-state index in [0.29, 0.717) is 0 Å². The quantitative estimate of drug-likeness (QED) is 0.402. The molecule has 0 aromatic heterocycles. The summed E-state index contributed by atoms with van der Waals surface area (Å²) in [6.07, 6.45) is -5.77. The summed E-state index contributed by atoms with van der Waals surface area (Å²) in [7, 11) is 0. The summed E-state index contributed by atoms with van der Waals surface area (Å²) in [5, 5.41) is 0. The van der Waals surface area contributed by atoms with Gasteiger partial charge in [-0.2, -0.15) is 13.2 Å². The lowest BCUT2D eigenvalue weighted by Crippen LogP contribution is -2.23. The Balaban J connectivity index is 2.70. The molecule has 1 fully saturated rings. The Morgan fingerprint density at radius 3 is 2.38 bits per heavy atom. The van der Waals surface area contributed by atoms with Gasteiger partial charge in [-0.1, -0.05) is 0 Å². The second-order valence-corrected chi connectivity index (χ2v) is 3.77. The molecule has 1 aliphatic rings. The highest BCUT2D eigenvalue weighted by atomic mass is 19.4. The van der Waals surface area contributed by atoms with Gasteiger partial charge in [-0.25, -0.2) is 4.79 Å². The molecule has 2 unspecified atom stereocenters. The van der Waals surface area contributed by atoms with E-state index in [1.54, 1.807) is 0 Å². The minimum atomic E-state index is -4.38. The molecule has 0 spiro atoms. The third-order valence-corrected chi connectivity index (χ3v) is 2.76. The molecule has 7 heteroatoms. The van der Waals surface area contributed by atoms with Crippen LogP contribution in [0, 0.1) is 11.8 Å². The molecule has 2 atom stereocenters. The largest absolute Gasteiger partial charge is 0.391 e. The average Bonchev–Trinajstić information content (AvgIpc) is 2.38. The summed E-state index contributed by atoms with van der Waals surface area (Å²) in [6, 6.07) is 0. The van der Waals surface area contributed by atoms with Crippen molar-refractivity contribution in [3.63, 3.8) is 0 Å². The molecule has 0 bridgehead atoms. The van der Waals surface area contributed by atoms with E-state index in [0.717, 1.165) is 0 Å². The highest BCUT2D eigenvalue weighted by molar-refractivity contribution is 5.98. The van der Waals surface area contributed by atoms with Crippen LogP contribution in [0.3, 0.4) is 0 Å². The van der Waals surface area contributed by atoms with Crippen LogP contribution >= 0.6 is 0 Å². The molecule has 0 amide bonds. The summed E-state index contributed by atoms with van der Waals surface area (Å²) < 4.78 is 48.7. The van der Waals surface area contributed by atoms with Gasteiger partial charge in [-0.15, -0.1) is 0 Å². The van der Waals surface area contributed by atoms with Crippen LogP contribution in [-0.2, 0) is 14.5 Å². The van der Waals surface area contributed by atoms with E-state index < -0.39 is 29.8 Å². The van der Waals surface area contributed by atoms with Crippen molar-refractivity contribution in [2.45, 2.75) is 31.9 Å². The van der Waals surface area contributed by atoms with Crippen LogP contribution in [0.25, 0.3) is 0 Å². The number of hydrogen-bond donors (Lipinski definition) is 0. The monoisotopic (exact) mass is 242 g/mol. The van der Waals surface area contributed by atoms with Crippen LogP contribution in [0.15, 0.2) is 0 Å². The lowest BCUT2D eigenvalue weighted by molar-refractivity contribution is -0.190. The van der Waals surface area contributed by atoms with Crippen molar-refractivity contribution in [3.8, 4) is 0 Å². The highest BCUT2D eigenvalue weighted by Gasteiger charge is 2.43. The van der Waals surface area contributed by atoms with E-state index in [1.165, 1.54) is 0 Å². The topological polar surface area (TPSA) is 43.4 Å². The van der Waals surface area contributed by atoms with Gasteiger partial charge in [0.1, 0.15) is 11.7 Å². The molecular formula is C9H10F4O3. The molecule has 3 nitrogen and oxygen atoms in total. The fraction of sp³-hybridized carbons (Fsp3) is 0.778. The average molecular weight is 242 g/mol. The number of hydrogen-bond acceptors (Lipinski definition) is 3. The first kappa shape index (κ1) is 12.9. The van der Waals surface area contributed by atoms with Gasteiger partial charge in [-0.05, 0) is 19.3 Å². The lowest BCUT2D eigenvalue weighted by atomic mass is 9.97. The maximum atomic E-state index is 12.4. The number of carbonyl (C=O) groups is 2. The number of ketones is 1. The Kier molecular flexibility index (Phi) is 3.88. The van der Waals surface area contributed by atoms with Crippen molar-refractivity contribution in [2.75, 3.05) is 0 Å². The van der Waals surface area contributed by atoms with Crippen LogP contribution in [0.5, 0.6) is 0 Å². The van der Waals surface area contributed by atoms with Gasteiger partial charge < -0.3 is 0 Å². The van der Waals surface area contributed by atoms with Crippen LogP contribution < -0.4 is 0 Å². The Labute approximate surface area is 88.7 Å². The highest BCUT2D eigenvalue weighted by Crippen LogP contribution is 2.37. The molecule has 92 valence electrons.